The van der Waals surface area contributed by atoms with Crippen LogP contribution in [-0.2, 0) is 11.3 Å². The summed E-state index contributed by atoms with van der Waals surface area (Å²) in [6.07, 6.45) is 5.19. The highest BCUT2D eigenvalue weighted by Gasteiger charge is 2.16. The molecule has 1 aromatic heterocycles. The van der Waals surface area contributed by atoms with E-state index in [0.29, 0.717) is 6.54 Å². The highest BCUT2D eigenvalue weighted by molar-refractivity contribution is 7.99. The van der Waals surface area contributed by atoms with Crippen molar-refractivity contribution in [1.29, 1.82) is 0 Å². The van der Waals surface area contributed by atoms with Crippen molar-refractivity contribution in [2.45, 2.75) is 6.54 Å². The van der Waals surface area contributed by atoms with Gasteiger partial charge in [-0.05, 0) is 0 Å². The van der Waals surface area contributed by atoms with Crippen molar-refractivity contribution in [2.24, 2.45) is 0 Å². The summed E-state index contributed by atoms with van der Waals surface area (Å²) >= 11 is 1.91. The van der Waals surface area contributed by atoms with Crippen LogP contribution in [0.4, 0.5) is 0 Å². The molecule has 0 aromatic carbocycles. The number of hydrogen-bond acceptors (Lipinski definition) is 3. The van der Waals surface area contributed by atoms with Crippen molar-refractivity contribution in [3.8, 4) is 0 Å². The van der Waals surface area contributed by atoms with Crippen LogP contribution in [0, 0.1) is 0 Å². The van der Waals surface area contributed by atoms with Crippen molar-refractivity contribution >= 4 is 17.7 Å². The molecule has 0 unspecified atom stereocenters. The summed E-state index contributed by atoms with van der Waals surface area (Å²) in [5.74, 6) is 2.33. The lowest BCUT2D eigenvalue weighted by Gasteiger charge is -2.26. The number of carbonyl (C=O) groups excluding carboxylic acids is 1. The van der Waals surface area contributed by atoms with Crippen molar-refractivity contribution < 1.29 is 4.79 Å². The quantitative estimate of drug-likeness (QED) is 0.713. The molecule has 1 aliphatic rings. The first-order chi connectivity index (χ1) is 6.86. The Hall–Kier alpha value is -0.970. The summed E-state index contributed by atoms with van der Waals surface area (Å²) in [5, 5.41) is 0. The van der Waals surface area contributed by atoms with Crippen LogP contribution in [0.15, 0.2) is 18.7 Å². The Bertz CT molecular complexity index is 293. The number of hydrogen-bond donors (Lipinski definition) is 0. The molecule has 14 heavy (non-hydrogen) atoms. The molecule has 0 spiro atoms. The van der Waals surface area contributed by atoms with E-state index in [4.69, 9.17) is 0 Å². The minimum atomic E-state index is 0.198. The zero-order valence-electron chi connectivity index (χ0n) is 7.93. The third-order valence-corrected chi connectivity index (χ3v) is 3.18. The molecule has 0 aliphatic carbocycles. The molecule has 0 saturated carbocycles. The number of amides is 1. The van der Waals surface area contributed by atoms with Gasteiger partial charge in [-0.15, -0.1) is 0 Å². The summed E-state index contributed by atoms with van der Waals surface area (Å²) < 4.78 is 1.81. The predicted octanol–water partition coefficient (Wildman–Crippen LogP) is 0.459. The Morgan fingerprint density at radius 3 is 2.86 bits per heavy atom. The van der Waals surface area contributed by atoms with Crippen LogP contribution in [0.5, 0.6) is 0 Å². The number of carbonyl (C=O) groups is 1. The van der Waals surface area contributed by atoms with E-state index in [1.54, 1.807) is 12.5 Å². The number of rotatable bonds is 2. The number of imidazole rings is 1. The van der Waals surface area contributed by atoms with E-state index in [9.17, 15) is 4.79 Å². The molecule has 0 bridgehead atoms. The molecular weight excluding hydrogens is 198 g/mol. The number of nitrogens with zero attached hydrogens (tertiary/aromatic N) is 3. The van der Waals surface area contributed by atoms with Gasteiger partial charge < -0.3 is 9.47 Å². The van der Waals surface area contributed by atoms with E-state index in [2.05, 4.69) is 4.98 Å². The van der Waals surface area contributed by atoms with Crippen LogP contribution in [0.3, 0.4) is 0 Å². The SMILES string of the molecule is O=C(Cn1ccnc1)N1CCSCC1. The van der Waals surface area contributed by atoms with Gasteiger partial charge in [-0.2, -0.15) is 11.8 Å². The number of thioether (sulfide) groups is 1. The lowest BCUT2D eigenvalue weighted by molar-refractivity contribution is -0.131. The Balaban J connectivity index is 1.88. The van der Waals surface area contributed by atoms with Crippen molar-refractivity contribution in [1.82, 2.24) is 14.5 Å². The van der Waals surface area contributed by atoms with Gasteiger partial charge in [-0.3, -0.25) is 4.79 Å². The first kappa shape index (κ1) is 9.58. The zero-order valence-corrected chi connectivity index (χ0v) is 8.74. The van der Waals surface area contributed by atoms with Gasteiger partial charge in [0.15, 0.2) is 0 Å². The zero-order chi connectivity index (χ0) is 9.80. The van der Waals surface area contributed by atoms with E-state index in [1.165, 1.54) is 0 Å². The average Bonchev–Trinajstić information content (AvgIpc) is 2.72. The normalized spacial score (nSPS) is 17.0. The summed E-state index contributed by atoms with van der Waals surface area (Å²) in [6, 6.07) is 0. The van der Waals surface area contributed by atoms with E-state index < -0.39 is 0 Å². The van der Waals surface area contributed by atoms with E-state index in [1.807, 2.05) is 27.4 Å². The Labute approximate surface area is 87.3 Å². The minimum Gasteiger partial charge on any atom is -0.339 e. The van der Waals surface area contributed by atoms with E-state index >= 15 is 0 Å². The second-order valence-electron chi connectivity index (χ2n) is 3.23. The fourth-order valence-corrected chi connectivity index (χ4v) is 2.35. The van der Waals surface area contributed by atoms with E-state index in [0.717, 1.165) is 24.6 Å². The Morgan fingerprint density at radius 1 is 1.43 bits per heavy atom. The fourth-order valence-electron chi connectivity index (χ4n) is 1.45. The van der Waals surface area contributed by atoms with Crippen molar-refractivity contribution in [3.63, 3.8) is 0 Å². The third kappa shape index (κ3) is 2.29. The lowest BCUT2D eigenvalue weighted by Crippen LogP contribution is -2.39. The van der Waals surface area contributed by atoms with Gasteiger partial charge in [-0.25, -0.2) is 4.98 Å². The van der Waals surface area contributed by atoms with Crippen LogP contribution in [-0.4, -0.2) is 45.0 Å². The second-order valence-corrected chi connectivity index (χ2v) is 4.45. The maximum absolute atomic E-state index is 11.7. The summed E-state index contributed by atoms with van der Waals surface area (Å²) in [6.45, 7) is 2.20. The fraction of sp³-hybridized carbons (Fsp3) is 0.556. The molecule has 5 heteroatoms. The Kier molecular flexibility index (Phi) is 3.08. The number of aromatic nitrogens is 2. The molecule has 1 fully saturated rings. The predicted molar refractivity (Wildman–Crippen MR) is 56.1 cm³/mol. The standard InChI is InChI=1S/C9H13N3OS/c13-9(7-11-2-1-10-8-11)12-3-5-14-6-4-12/h1-2,8H,3-7H2. The van der Waals surface area contributed by atoms with Crippen LogP contribution in [0.25, 0.3) is 0 Å². The van der Waals surface area contributed by atoms with Crippen LogP contribution in [0.2, 0.25) is 0 Å². The van der Waals surface area contributed by atoms with Gasteiger partial charge >= 0.3 is 0 Å². The maximum Gasteiger partial charge on any atom is 0.242 e. The van der Waals surface area contributed by atoms with Crippen LogP contribution < -0.4 is 0 Å². The lowest BCUT2D eigenvalue weighted by atomic mass is 10.4. The Morgan fingerprint density at radius 2 is 2.21 bits per heavy atom. The molecule has 1 aromatic rings. The van der Waals surface area contributed by atoms with Crippen LogP contribution in [0.1, 0.15) is 0 Å². The van der Waals surface area contributed by atoms with Gasteiger partial charge in [0.1, 0.15) is 6.54 Å². The molecule has 1 amide bonds. The molecule has 1 aliphatic heterocycles. The second kappa shape index (κ2) is 4.50. The first-order valence-electron chi connectivity index (χ1n) is 4.67. The van der Waals surface area contributed by atoms with E-state index in [-0.39, 0.29) is 5.91 Å². The van der Waals surface area contributed by atoms with Gasteiger partial charge in [0.05, 0.1) is 6.33 Å². The van der Waals surface area contributed by atoms with Crippen molar-refractivity contribution in [3.05, 3.63) is 18.7 Å². The van der Waals surface area contributed by atoms with Gasteiger partial charge in [0.2, 0.25) is 5.91 Å². The maximum atomic E-state index is 11.7. The molecule has 4 nitrogen and oxygen atoms in total. The molecule has 76 valence electrons. The topological polar surface area (TPSA) is 38.1 Å². The summed E-state index contributed by atoms with van der Waals surface area (Å²) in [4.78, 5) is 17.6. The summed E-state index contributed by atoms with van der Waals surface area (Å²) in [5.41, 5.74) is 0. The largest absolute Gasteiger partial charge is 0.339 e. The molecular formula is C9H13N3OS. The molecule has 2 heterocycles. The molecule has 1 saturated heterocycles. The monoisotopic (exact) mass is 211 g/mol. The van der Waals surface area contributed by atoms with Gasteiger partial charge in [0.25, 0.3) is 0 Å². The van der Waals surface area contributed by atoms with Gasteiger partial charge in [0, 0.05) is 37.0 Å². The summed E-state index contributed by atoms with van der Waals surface area (Å²) in [7, 11) is 0. The average molecular weight is 211 g/mol. The molecule has 0 radical (unpaired) electrons. The molecule has 2 rings (SSSR count). The highest BCUT2D eigenvalue weighted by Crippen LogP contribution is 2.09. The van der Waals surface area contributed by atoms with Crippen molar-refractivity contribution in [2.75, 3.05) is 24.6 Å². The first-order valence-corrected chi connectivity index (χ1v) is 5.83. The smallest absolute Gasteiger partial charge is 0.242 e. The molecule has 0 atom stereocenters. The highest BCUT2D eigenvalue weighted by atomic mass is 32.2. The molecule has 0 N–H and O–H groups in total. The van der Waals surface area contributed by atoms with Crippen LogP contribution >= 0.6 is 11.8 Å². The van der Waals surface area contributed by atoms with Gasteiger partial charge in [-0.1, -0.05) is 0 Å². The minimum absolute atomic E-state index is 0.198. The third-order valence-electron chi connectivity index (χ3n) is 2.24.